The van der Waals surface area contributed by atoms with Crippen molar-refractivity contribution in [2.45, 2.75) is 19.1 Å². The van der Waals surface area contributed by atoms with Crippen molar-refractivity contribution in [2.75, 3.05) is 6.61 Å². The molecule has 0 fully saturated rings. The summed E-state index contributed by atoms with van der Waals surface area (Å²) in [6.45, 7) is 1.77. The molecule has 2 rings (SSSR count). The first-order chi connectivity index (χ1) is 9.06. The van der Waals surface area contributed by atoms with Crippen molar-refractivity contribution in [2.24, 2.45) is 12.8 Å². The van der Waals surface area contributed by atoms with Gasteiger partial charge in [0.05, 0.1) is 12.6 Å². The highest BCUT2D eigenvalue weighted by Crippen LogP contribution is 2.27. The Labute approximate surface area is 111 Å². The van der Waals surface area contributed by atoms with Gasteiger partial charge < -0.3 is 15.0 Å². The third-order valence-corrected chi connectivity index (χ3v) is 3.11. The van der Waals surface area contributed by atoms with Crippen LogP contribution < -0.4 is 5.73 Å². The van der Waals surface area contributed by atoms with Crippen LogP contribution in [0.3, 0.4) is 0 Å². The molecule has 1 heterocycles. The number of alkyl halides is 1. The third kappa shape index (κ3) is 2.46. The Hall–Kier alpha value is -1.88. The minimum absolute atomic E-state index is 0.140. The van der Waals surface area contributed by atoms with Crippen molar-refractivity contribution in [1.29, 1.82) is 0 Å². The molecular weight excluding hydrogens is 247 g/mol. The van der Waals surface area contributed by atoms with E-state index in [0.717, 1.165) is 10.9 Å². The molecule has 2 atom stereocenters. The van der Waals surface area contributed by atoms with Gasteiger partial charge in [-0.15, -0.1) is 0 Å². The molecule has 0 aliphatic carbocycles. The topological polar surface area (TPSA) is 57.2 Å². The van der Waals surface area contributed by atoms with Crippen LogP contribution in [-0.4, -0.2) is 23.3 Å². The predicted octanol–water partition coefficient (Wildman–Crippen LogP) is 2.08. The monoisotopic (exact) mass is 264 g/mol. The number of nitrogens with two attached hydrogens (primary N) is 1. The number of rotatable bonds is 4. The van der Waals surface area contributed by atoms with Crippen LogP contribution in [0.25, 0.3) is 10.9 Å². The molecule has 0 bridgehead atoms. The van der Waals surface area contributed by atoms with Crippen LogP contribution in [0.1, 0.15) is 18.5 Å². The van der Waals surface area contributed by atoms with Crippen molar-refractivity contribution in [3.63, 3.8) is 0 Å². The van der Waals surface area contributed by atoms with E-state index < -0.39 is 18.2 Å². The van der Waals surface area contributed by atoms with E-state index in [0.29, 0.717) is 5.56 Å². The summed E-state index contributed by atoms with van der Waals surface area (Å²) < 4.78 is 20.5. The van der Waals surface area contributed by atoms with Crippen molar-refractivity contribution in [3.8, 4) is 0 Å². The highest BCUT2D eigenvalue weighted by Gasteiger charge is 2.29. The van der Waals surface area contributed by atoms with Gasteiger partial charge in [-0.05, 0) is 18.6 Å². The standard InChI is InChI=1S/C14H17FN2O2/c1-3-19-14(18)12(15)13(16)10-8-17(2)11-7-5-4-6-9(10)11/h4-8,12-13H,3,16H2,1-2H3/t12?,13-/m1/s1. The molecule has 0 radical (unpaired) electrons. The van der Waals surface area contributed by atoms with Gasteiger partial charge in [0.2, 0.25) is 6.17 Å². The number of esters is 1. The fourth-order valence-corrected chi connectivity index (χ4v) is 2.16. The van der Waals surface area contributed by atoms with E-state index in [4.69, 9.17) is 5.73 Å². The van der Waals surface area contributed by atoms with Gasteiger partial charge >= 0.3 is 5.97 Å². The molecule has 19 heavy (non-hydrogen) atoms. The van der Waals surface area contributed by atoms with E-state index in [1.54, 1.807) is 13.1 Å². The minimum Gasteiger partial charge on any atom is -0.464 e. The zero-order valence-electron chi connectivity index (χ0n) is 11.0. The first-order valence-corrected chi connectivity index (χ1v) is 6.16. The number of benzene rings is 1. The maximum Gasteiger partial charge on any atom is 0.342 e. The lowest BCUT2D eigenvalue weighted by molar-refractivity contribution is -0.149. The van der Waals surface area contributed by atoms with Crippen LogP contribution in [0, 0.1) is 0 Å². The van der Waals surface area contributed by atoms with Gasteiger partial charge in [-0.1, -0.05) is 18.2 Å². The summed E-state index contributed by atoms with van der Waals surface area (Å²) in [6.07, 6.45) is -0.105. The fourth-order valence-electron chi connectivity index (χ4n) is 2.16. The molecule has 0 saturated heterocycles. The Balaban J connectivity index is 2.36. The molecule has 1 unspecified atom stereocenters. The normalized spacial score (nSPS) is 14.3. The SMILES string of the molecule is CCOC(=O)C(F)[C@H](N)c1cn(C)c2ccccc12. The number of para-hydroxylation sites is 1. The average Bonchev–Trinajstić information content (AvgIpc) is 2.75. The molecule has 0 aliphatic rings. The first-order valence-electron chi connectivity index (χ1n) is 6.16. The highest BCUT2D eigenvalue weighted by molar-refractivity contribution is 5.86. The molecular formula is C14H17FN2O2. The zero-order chi connectivity index (χ0) is 14.0. The zero-order valence-corrected chi connectivity index (χ0v) is 11.0. The van der Waals surface area contributed by atoms with Crippen LogP contribution >= 0.6 is 0 Å². The quantitative estimate of drug-likeness (QED) is 0.860. The second kappa shape index (κ2) is 5.40. The number of halogens is 1. The molecule has 0 spiro atoms. The average molecular weight is 264 g/mol. The molecule has 102 valence electrons. The number of aryl methyl sites for hydroxylation is 1. The van der Waals surface area contributed by atoms with Crippen LogP contribution in [0.2, 0.25) is 0 Å². The maximum absolute atomic E-state index is 14.0. The summed E-state index contributed by atoms with van der Waals surface area (Å²) in [7, 11) is 1.86. The predicted molar refractivity (Wildman–Crippen MR) is 71.4 cm³/mol. The maximum atomic E-state index is 14.0. The molecule has 1 aromatic heterocycles. The molecule has 4 nitrogen and oxygen atoms in total. The molecule has 2 aromatic rings. The second-order valence-corrected chi connectivity index (χ2v) is 4.39. The lowest BCUT2D eigenvalue weighted by atomic mass is 10.0. The molecule has 0 aliphatic heterocycles. The number of carbonyl (C=O) groups excluding carboxylic acids is 1. The molecule has 0 saturated carbocycles. The largest absolute Gasteiger partial charge is 0.464 e. The fraction of sp³-hybridized carbons (Fsp3) is 0.357. The number of fused-ring (bicyclic) bond motifs is 1. The van der Waals surface area contributed by atoms with Crippen molar-refractivity contribution in [1.82, 2.24) is 4.57 Å². The van der Waals surface area contributed by atoms with Crippen LogP contribution in [0.4, 0.5) is 4.39 Å². The summed E-state index contributed by atoms with van der Waals surface area (Å²) in [5.74, 6) is -0.914. The summed E-state index contributed by atoms with van der Waals surface area (Å²) in [5, 5.41) is 0.851. The van der Waals surface area contributed by atoms with Crippen molar-refractivity contribution < 1.29 is 13.9 Å². The first kappa shape index (κ1) is 13.5. The van der Waals surface area contributed by atoms with Gasteiger partial charge in [0, 0.05) is 24.1 Å². The number of aromatic nitrogens is 1. The smallest absolute Gasteiger partial charge is 0.342 e. The van der Waals surface area contributed by atoms with Crippen LogP contribution in [0.5, 0.6) is 0 Å². The van der Waals surface area contributed by atoms with Gasteiger partial charge in [-0.25, -0.2) is 9.18 Å². The number of ether oxygens (including phenoxy) is 1. The Morgan fingerprint density at radius 3 is 2.84 bits per heavy atom. The van der Waals surface area contributed by atoms with E-state index in [2.05, 4.69) is 4.74 Å². The van der Waals surface area contributed by atoms with E-state index in [9.17, 15) is 9.18 Å². The Bertz CT molecular complexity index is 594. The van der Waals surface area contributed by atoms with E-state index in [-0.39, 0.29) is 6.61 Å². The van der Waals surface area contributed by atoms with E-state index >= 15 is 0 Å². The lowest BCUT2D eigenvalue weighted by Gasteiger charge is -2.14. The van der Waals surface area contributed by atoms with E-state index in [1.165, 1.54) is 0 Å². The number of carbonyl (C=O) groups is 1. The van der Waals surface area contributed by atoms with Gasteiger partial charge in [0.1, 0.15) is 0 Å². The summed E-state index contributed by atoms with van der Waals surface area (Å²) >= 11 is 0. The summed E-state index contributed by atoms with van der Waals surface area (Å²) in [6, 6.07) is 6.52. The van der Waals surface area contributed by atoms with Crippen molar-refractivity contribution in [3.05, 3.63) is 36.0 Å². The minimum atomic E-state index is -1.86. The van der Waals surface area contributed by atoms with Crippen molar-refractivity contribution >= 4 is 16.9 Å². The number of hydrogen-bond acceptors (Lipinski definition) is 3. The Morgan fingerprint density at radius 1 is 1.47 bits per heavy atom. The van der Waals surface area contributed by atoms with Crippen LogP contribution in [0.15, 0.2) is 30.5 Å². The van der Waals surface area contributed by atoms with Gasteiger partial charge in [-0.3, -0.25) is 0 Å². The summed E-state index contributed by atoms with van der Waals surface area (Å²) in [4.78, 5) is 11.4. The van der Waals surface area contributed by atoms with Gasteiger partial charge in [-0.2, -0.15) is 0 Å². The Kier molecular flexibility index (Phi) is 3.85. The van der Waals surface area contributed by atoms with Crippen LogP contribution in [-0.2, 0) is 16.6 Å². The van der Waals surface area contributed by atoms with E-state index in [1.807, 2.05) is 35.9 Å². The molecule has 5 heteroatoms. The molecule has 0 amide bonds. The molecule has 1 aromatic carbocycles. The second-order valence-electron chi connectivity index (χ2n) is 4.39. The lowest BCUT2D eigenvalue weighted by Crippen LogP contribution is -2.31. The van der Waals surface area contributed by atoms with Gasteiger partial charge in [0.15, 0.2) is 0 Å². The highest BCUT2D eigenvalue weighted by atomic mass is 19.1. The third-order valence-electron chi connectivity index (χ3n) is 3.11. The Morgan fingerprint density at radius 2 is 2.16 bits per heavy atom. The molecule has 2 N–H and O–H groups in total. The number of nitrogens with zero attached hydrogens (tertiary/aromatic N) is 1. The number of hydrogen-bond donors (Lipinski definition) is 1. The summed E-state index contributed by atoms with van der Waals surface area (Å²) in [5.41, 5.74) is 7.42. The van der Waals surface area contributed by atoms with Gasteiger partial charge in [0.25, 0.3) is 0 Å².